The fourth-order valence-electron chi connectivity index (χ4n) is 3.13. The molecule has 0 aliphatic rings. The Morgan fingerprint density at radius 1 is 1.24 bits per heavy atom. The molecule has 7 nitrogen and oxygen atoms in total. The van der Waals surface area contributed by atoms with E-state index in [4.69, 9.17) is 0 Å². The minimum absolute atomic E-state index is 0.242. The standard InChI is InChI=1S/C18H20N4O3/c1-5-14(18(24)25)22-17(23)16-15(11(3)19-22)12(4)21(20-16)13-8-6-7-10(2)9-13/h6-9,14H,5H2,1-4H3,(H,24,25). The fourth-order valence-corrected chi connectivity index (χ4v) is 3.13. The monoisotopic (exact) mass is 340 g/mol. The molecule has 3 aromatic rings. The maximum atomic E-state index is 12.8. The zero-order valence-corrected chi connectivity index (χ0v) is 14.6. The van der Waals surface area contributed by atoms with E-state index in [1.807, 2.05) is 38.1 Å². The second-order valence-corrected chi connectivity index (χ2v) is 6.16. The van der Waals surface area contributed by atoms with Gasteiger partial charge in [-0.2, -0.15) is 10.2 Å². The molecular formula is C18H20N4O3. The van der Waals surface area contributed by atoms with Gasteiger partial charge >= 0.3 is 5.97 Å². The number of hydrogen-bond donors (Lipinski definition) is 1. The number of aromatic nitrogens is 4. The first-order valence-electron chi connectivity index (χ1n) is 8.13. The van der Waals surface area contributed by atoms with Gasteiger partial charge < -0.3 is 5.11 Å². The zero-order chi connectivity index (χ0) is 18.3. The lowest BCUT2D eigenvalue weighted by Crippen LogP contribution is -2.32. The van der Waals surface area contributed by atoms with Crippen molar-refractivity contribution in [2.45, 2.75) is 40.2 Å². The molecule has 7 heteroatoms. The van der Waals surface area contributed by atoms with Gasteiger partial charge in [0.05, 0.1) is 22.5 Å². The van der Waals surface area contributed by atoms with Crippen LogP contribution in [0.2, 0.25) is 0 Å². The van der Waals surface area contributed by atoms with Crippen LogP contribution in [0.1, 0.15) is 36.3 Å². The fraction of sp³-hybridized carbons (Fsp3) is 0.333. The maximum absolute atomic E-state index is 12.8. The number of rotatable bonds is 4. The van der Waals surface area contributed by atoms with Gasteiger partial charge in [-0.3, -0.25) is 4.79 Å². The van der Waals surface area contributed by atoms with E-state index in [2.05, 4.69) is 10.2 Å². The summed E-state index contributed by atoms with van der Waals surface area (Å²) in [4.78, 5) is 24.2. The molecule has 1 unspecified atom stereocenters. The Morgan fingerprint density at radius 3 is 2.56 bits per heavy atom. The van der Waals surface area contributed by atoms with Crippen molar-refractivity contribution in [2.75, 3.05) is 0 Å². The molecule has 2 heterocycles. The van der Waals surface area contributed by atoms with Crippen molar-refractivity contribution in [3.05, 3.63) is 51.6 Å². The highest BCUT2D eigenvalue weighted by Crippen LogP contribution is 2.22. The Labute approximate surface area is 144 Å². The number of hydrogen-bond acceptors (Lipinski definition) is 4. The van der Waals surface area contributed by atoms with Crippen molar-refractivity contribution in [3.8, 4) is 5.69 Å². The van der Waals surface area contributed by atoms with Gasteiger partial charge in [0.15, 0.2) is 11.6 Å². The van der Waals surface area contributed by atoms with Crippen molar-refractivity contribution >= 4 is 16.9 Å². The number of carboxylic acids is 1. The minimum Gasteiger partial charge on any atom is -0.480 e. The van der Waals surface area contributed by atoms with E-state index in [0.29, 0.717) is 11.1 Å². The SMILES string of the molecule is CCC(C(=O)O)n1nc(C)c2c(C)n(-c3cccc(C)c3)nc2c1=O. The molecule has 0 fully saturated rings. The average Bonchev–Trinajstić information content (AvgIpc) is 2.91. The van der Waals surface area contributed by atoms with Crippen molar-refractivity contribution < 1.29 is 9.90 Å². The van der Waals surface area contributed by atoms with Crippen LogP contribution in [-0.4, -0.2) is 30.6 Å². The summed E-state index contributed by atoms with van der Waals surface area (Å²) in [6.45, 7) is 7.34. The van der Waals surface area contributed by atoms with Crippen LogP contribution in [0.15, 0.2) is 29.1 Å². The summed E-state index contributed by atoms with van der Waals surface area (Å²) in [6, 6.07) is 6.81. The van der Waals surface area contributed by atoms with E-state index in [0.717, 1.165) is 21.6 Å². The largest absolute Gasteiger partial charge is 0.480 e. The second-order valence-electron chi connectivity index (χ2n) is 6.16. The number of carboxylic acid groups (broad SMARTS) is 1. The van der Waals surface area contributed by atoms with Crippen molar-refractivity contribution in [3.63, 3.8) is 0 Å². The Bertz CT molecular complexity index is 1030. The molecule has 0 radical (unpaired) electrons. The molecule has 0 aliphatic carbocycles. The van der Waals surface area contributed by atoms with Gasteiger partial charge in [0.2, 0.25) is 0 Å². The summed E-state index contributed by atoms with van der Waals surface area (Å²) in [5.41, 5.74) is 3.09. The molecule has 0 bridgehead atoms. The number of benzene rings is 1. The molecule has 0 saturated carbocycles. The van der Waals surface area contributed by atoms with Crippen LogP contribution < -0.4 is 5.56 Å². The number of carbonyl (C=O) groups is 1. The minimum atomic E-state index is -1.08. The van der Waals surface area contributed by atoms with Gasteiger partial charge in [-0.25, -0.2) is 14.2 Å². The van der Waals surface area contributed by atoms with E-state index in [9.17, 15) is 14.7 Å². The Morgan fingerprint density at radius 2 is 1.96 bits per heavy atom. The van der Waals surface area contributed by atoms with Gasteiger partial charge in [0.1, 0.15) is 0 Å². The normalized spacial score (nSPS) is 12.5. The second kappa shape index (κ2) is 6.16. The van der Waals surface area contributed by atoms with E-state index < -0.39 is 17.6 Å². The molecule has 1 atom stereocenters. The van der Waals surface area contributed by atoms with Gasteiger partial charge in [-0.15, -0.1) is 0 Å². The predicted octanol–water partition coefficient (Wildman–Crippen LogP) is 2.54. The first kappa shape index (κ1) is 16.9. The van der Waals surface area contributed by atoms with Gasteiger partial charge in [-0.05, 0) is 44.9 Å². The highest BCUT2D eigenvalue weighted by molar-refractivity contribution is 5.83. The zero-order valence-electron chi connectivity index (χ0n) is 14.6. The van der Waals surface area contributed by atoms with Crippen molar-refractivity contribution in [1.29, 1.82) is 0 Å². The van der Waals surface area contributed by atoms with Crippen LogP contribution in [0, 0.1) is 20.8 Å². The molecule has 1 N–H and O–H groups in total. The summed E-state index contributed by atoms with van der Waals surface area (Å²) in [7, 11) is 0. The first-order chi connectivity index (χ1) is 11.8. The van der Waals surface area contributed by atoms with Crippen LogP contribution in [-0.2, 0) is 4.79 Å². The van der Waals surface area contributed by atoms with Crippen LogP contribution in [0.25, 0.3) is 16.6 Å². The molecule has 0 spiro atoms. The van der Waals surface area contributed by atoms with Gasteiger partial charge in [-0.1, -0.05) is 19.1 Å². The molecule has 130 valence electrons. The van der Waals surface area contributed by atoms with Gasteiger partial charge in [0.25, 0.3) is 5.56 Å². The number of fused-ring (bicyclic) bond motifs is 1. The quantitative estimate of drug-likeness (QED) is 0.788. The molecule has 0 aliphatic heterocycles. The average molecular weight is 340 g/mol. The van der Waals surface area contributed by atoms with Crippen molar-refractivity contribution in [2.24, 2.45) is 0 Å². The lowest BCUT2D eigenvalue weighted by molar-refractivity contribution is -0.141. The molecule has 3 rings (SSSR count). The molecule has 2 aromatic heterocycles. The topological polar surface area (TPSA) is 90.0 Å². The molecule has 0 amide bonds. The lowest BCUT2D eigenvalue weighted by Gasteiger charge is -2.12. The van der Waals surface area contributed by atoms with Crippen LogP contribution in [0.5, 0.6) is 0 Å². The summed E-state index contributed by atoms with van der Waals surface area (Å²) >= 11 is 0. The highest BCUT2D eigenvalue weighted by Gasteiger charge is 2.24. The smallest absolute Gasteiger partial charge is 0.328 e. The van der Waals surface area contributed by atoms with E-state index in [1.54, 1.807) is 18.5 Å². The molecule has 0 saturated heterocycles. The molecule has 1 aromatic carbocycles. The predicted molar refractivity (Wildman–Crippen MR) is 94.3 cm³/mol. The number of aliphatic carboxylic acids is 1. The Balaban J connectivity index is 2.31. The highest BCUT2D eigenvalue weighted by atomic mass is 16.4. The third-order valence-corrected chi connectivity index (χ3v) is 4.36. The third kappa shape index (κ3) is 2.71. The molecule has 25 heavy (non-hydrogen) atoms. The summed E-state index contributed by atoms with van der Waals surface area (Å²) in [5, 5.41) is 18.7. The third-order valence-electron chi connectivity index (χ3n) is 4.36. The number of aryl methyl sites for hydroxylation is 3. The van der Waals surface area contributed by atoms with Crippen LogP contribution in [0.4, 0.5) is 0 Å². The summed E-state index contributed by atoms with van der Waals surface area (Å²) < 4.78 is 2.74. The van der Waals surface area contributed by atoms with E-state index in [1.165, 1.54) is 0 Å². The maximum Gasteiger partial charge on any atom is 0.328 e. The van der Waals surface area contributed by atoms with Crippen molar-refractivity contribution in [1.82, 2.24) is 19.6 Å². The molecular weight excluding hydrogens is 320 g/mol. The van der Waals surface area contributed by atoms with Crippen LogP contribution >= 0.6 is 0 Å². The van der Waals surface area contributed by atoms with E-state index >= 15 is 0 Å². The first-order valence-corrected chi connectivity index (χ1v) is 8.13. The summed E-state index contributed by atoms with van der Waals surface area (Å²) in [5.74, 6) is -1.08. The van der Waals surface area contributed by atoms with Gasteiger partial charge in [0, 0.05) is 0 Å². The number of nitrogens with zero attached hydrogens (tertiary/aromatic N) is 4. The summed E-state index contributed by atoms with van der Waals surface area (Å²) in [6.07, 6.45) is 0.269. The Kier molecular flexibility index (Phi) is 4.16. The lowest BCUT2D eigenvalue weighted by atomic mass is 10.2. The van der Waals surface area contributed by atoms with Crippen LogP contribution in [0.3, 0.4) is 0 Å². The van der Waals surface area contributed by atoms with E-state index in [-0.39, 0.29) is 11.9 Å². The Hall–Kier alpha value is -2.96.